The predicted molar refractivity (Wildman–Crippen MR) is 112 cm³/mol. The quantitative estimate of drug-likeness (QED) is 0.404. The van der Waals surface area contributed by atoms with Crippen LogP contribution in [0.3, 0.4) is 0 Å². The minimum Gasteiger partial charge on any atom is -0.487 e. The fraction of sp³-hybridized carbons (Fsp3) is 0.0435. The maximum atomic E-state index is 12.2. The van der Waals surface area contributed by atoms with Crippen molar-refractivity contribution in [2.24, 2.45) is 5.10 Å². The molecule has 1 N–H and O–H groups in total. The number of carbonyl (C=O) groups is 1. The maximum Gasteiger partial charge on any atom is 0.271 e. The van der Waals surface area contributed by atoms with Gasteiger partial charge in [-0.3, -0.25) is 14.8 Å². The van der Waals surface area contributed by atoms with Crippen LogP contribution in [0.4, 0.5) is 0 Å². The summed E-state index contributed by atoms with van der Waals surface area (Å²) in [4.78, 5) is 20.5. The standard InChI is InChI=1S/C23H18N4O2/c28-23(27-26-15-17-10-13-24-14-11-17)20-8-6-18(7-9-20)16-29-21-5-1-3-19-4-2-12-25-22(19)21/h1-15H,16H2,(H,27,28). The van der Waals surface area contributed by atoms with Gasteiger partial charge in [-0.05, 0) is 47.5 Å². The summed E-state index contributed by atoms with van der Waals surface area (Å²) >= 11 is 0. The molecule has 0 bridgehead atoms. The molecule has 0 aliphatic rings. The van der Waals surface area contributed by atoms with Crippen molar-refractivity contribution < 1.29 is 9.53 Å². The lowest BCUT2D eigenvalue weighted by Gasteiger charge is -2.09. The summed E-state index contributed by atoms with van der Waals surface area (Å²) in [5, 5.41) is 4.99. The average Bonchev–Trinajstić information content (AvgIpc) is 2.78. The van der Waals surface area contributed by atoms with Gasteiger partial charge in [0.2, 0.25) is 0 Å². The summed E-state index contributed by atoms with van der Waals surface area (Å²) in [6, 6.07) is 20.6. The molecule has 29 heavy (non-hydrogen) atoms. The molecule has 6 nitrogen and oxygen atoms in total. The highest BCUT2D eigenvalue weighted by molar-refractivity contribution is 5.94. The van der Waals surface area contributed by atoms with Crippen molar-refractivity contribution in [3.05, 3.63) is 102 Å². The molecular formula is C23H18N4O2. The van der Waals surface area contributed by atoms with E-state index in [1.54, 1.807) is 49.1 Å². The third-order valence-electron chi connectivity index (χ3n) is 4.29. The number of carbonyl (C=O) groups excluding carboxylic acids is 1. The van der Waals surface area contributed by atoms with E-state index in [-0.39, 0.29) is 5.91 Å². The Bertz CT molecular complexity index is 1140. The molecule has 2 heterocycles. The van der Waals surface area contributed by atoms with Gasteiger partial charge in [0.1, 0.15) is 17.9 Å². The van der Waals surface area contributed by atoms with Crippen LogP contribution >= 0.6 is 0 Å². The van der Waals surface area contributed by atoms with Crippen LogP contribution in [0.1, 0.15) is 21.5 Å². The monoisotopic (exact) mass is 382 g/mol. The minimum absolute atomic E-state index is 0.277. The molecule has 0 aliphatic carbocycles. The first-order valence-electron chi connectivity index (χ1n) is 9.08. The molecule has 2 aromatic heterocycles. The van der Waals surface area contributed by atoms with Gasteiger partial charge in [-0.2, -0.15) is 5.10 Å². The van der Waals surface area contributed by atoms with Crippen LogP contribution in [-0.2, 0) is 6.61 Å². The molecule has 2 aromatic carbocycles. The van der Waals surface area contributed by atoms with Crippen molar-refractivity contribution in [1.82, 2.24) is 15.4 Å². The van der Waals surface area contributed by atoms with Crippen molar-refractivity contribution in [2.75, 3.05) is 0 Å². The molecule has 0 atom stereocenters. The Morgan fingerprint density at radius 3 is 2.59 bits per heavy atom. The number of benzene rings is 2. The number of amides is 1. The van der Waals surface area contributed by atoms with Crippen molar-refractivity contribution in [2.45, 2.75) is 6.61 Å². The van der Waals surface area contributed by atoms with Crippen LogP contribution in [0.15, 0.2) is 90.4 Å². The smallest absolute Gasteiger partial charge is 0.271 e. The fourth-order valence-electron chi connectivity index (χ4n) is 2.79. The van der Waals surface area contributed by atoms with Gasteiger partial charge in [0.05, 0.1) is 6.21 Å². The highest BCUT2D eigenvalue weighted by atomic mass is 16.5. The van der Waals surface area contributed by atoms with Gasteiger partial charge < -0.3 is 4.74 Å². The number of pyridine rings is 2. The summed E-state index contributed by atoms with van der Waals surface area (Å²) in [5.74, 6) is 0.455. The van der Waals surface area contributed by atoms with Crippen molar-refractivity contribution in [3.8, 4) is 5.75 Å². The van der Waals surface area contributed by atoms with Gasteiger partial charge in [-0.1, -0.05) is 30.3 Å². The number of fused-ring (bicyclic) bond motifs is 1. The topological polar surface area (TPSA) is 76.5 Å². The van der Waals surface area contributed by atoms with Gasteiger partial charge in [-0.15, -0.1) is 0 Å². The second-order valence-electron chi connectivity index (χ2n) is 6.30. The molecule has 0 saturated heterocycles. The lowest BCUT2D eigenvalue weighted by atomic mass is 10.1. The zero-order valence-corrected chi connectivity index (χ0v) is 15.5. The first-order chi connectivity index (χ1) is 14.3. The summed E-state index contributed by atoms with van der Waals surface area (Å²) < 4.78 is 5.93. The summed E-state index contributed by atoms with van der Waals surface area (Å²) in [6.45, 7) is 0.387. The summed E-state index contributed by atoms with van der Waals surface area (Å²) in [6.07, 6.45) is 6.65. The fourth-order valence-corrected chi connectivity index (χ4v) is 2.79. The minimum atomic E-state index is -0.277. The number of aromatic nitrogens is 2. The van der Waals surface area contributed by atoms with E-state index in [2.05, 4.69) is 20.5 Å². The average molecular weight is 382 g/mol. The Balaban J connectivity index is 1.36. The second kappa shape index (κ2) is 8.75. The van der Waals surface area contributed by atoms with Gasteiger partial charge in [0, 0.05) is 29.5 Å². The second-order valence-corrected chi connectivity index (χ2v) is 6.30. The molecule has 0 spiro atoms. The molecule has 1 amide bonds. The van der Waals surface area contributed by atoms with E-state index in [0.717, 1.165) is 27.8 Å². The Hall–Kier alpha value is -4.06. The lowest BCUT2D eigenvalue weighted by Crippen LogP contribution is -2.17. The molecule has 4 rings (SSSR count). The van der Waals surface area contributed by atoms with E-state index in [1.165, 1.54) is 0 Å². The number of hydrogen-bond donors (Lipinski definition) is 1. The summed E-state index contributed by atoms with van der Waals surface area (Å²) in [7, 11) is 0. The maximum absolute atomic E-state index is 12.2. The zero-order valence-electron chi connectivity index (χ0n) is 15.5. The Kier molecular flexibility index (Phi) is 5.53. The highest BCUT2D eigenvalue weighted by Gasteiger charge is 2.06. The number of nitrogens with one attached hydrogen (secondary N) is 1. The molecular weight excluding hydrogens is 364 g/mol. The highest BCUT2D eigenvalue weighted by Crippen LogP contribution is 2.23. The van der Waals surface area contributed by atoms with Gasteiger partial charge >= 0.3 is 0 Å². The van der Waals surface area contributed by atoms with Crippen molar-refractivity contribution >= 4 is 23.0 Å². The van der Waals surface area contributed by atoms with Crippen LogP contribution in [0, 0.1) is 0 Å². The van der Waals surface area contributed by atoms with Crippen LogP contribution in [0.5, 0.6) is 5.75 Å². The van der Waals surface area contributed by atoms with E-state index in [4.69, 9.17) is 4.74 Å². The number of hydrazone groups is 1. The van der Waals surface area contributed by atoms with E-state index >= 15 is 0 Å². The van der Waals surface area contributed by atoms with Gasteiger partial charge in [0.25, 0.3) is 5.91 Å². The van der Waals surface area contributed by atoms with Crippen LogP contribution in [0.25, 0.3) is 10.9 Å². The molecule has 6 heteroatoms. The lowest BCUT2D eigenvalue weighted by molar-refractivity contribution is 0.0955. The number of hydrogen-bond acceptors (Lipinski definition) is 5. The third kappa shape index (κ3) is 4.62. The largest absolute Gasteiger partial charge is 0.487 e. The Morgan fingerprint density at radius 2 is 1.76 bits per heavy atom. The molecule has 142 valence electrons. The first kappa shape index (κ1) is 18.3. The van der Waals surface area contributed by atoms with E-state index in [1.807, 2.05) is 42.5 Å². The van der Waals surface area contributed by atoms with E-state index in [9.17, 15) is 4.79 Å². The van der Waals surface area contributed by atoms with Crippen LogP contribution in [-0.4, -0.2) is 22.1 Å². The number of rotatable bonds is 6. The number of ether oxygens (including phenoxy) is 1. The Morgan fingerprint density at radius 1 is 0.966 bits per heavy atom. The number of nitrogens with zero attached hydrogens (tertiary/aromatic N) is 3. The summed E-state index contributed by atoms with van der Waals surface area (Å²) in [5.41, 5.74) is 5.68. The van der Waals surface area contributed by atoms with Crippen LogP contribution < -0.4 is 10.2 Å². The molecule has 0 unspecified atom stereocenters. The van der Waals surface area contributed by atoms with Gasteiger partial charge in [0.15, 0.2) is 0 Å². The van der Waals surface area contributed by atoms with Crippen molar-refractivity contribution in [3.63, 3.8) is 0 Å². The van der Waals surface area contributed by atoms with E-state index in [0.29, 0.717) is 12.2 Å². The molecule has 0 fully saturated rings. The molecule has 0 saturated carbocycles. The van der Waals surface area contributed by atoms with Crippen LogP contribution in [0.2, 0.25) is 0 Å². The van der Waals surface area contributed by atoms with Crippen molar-refractivity contribution in [1.29, 1.82) is 0 Å². The zero-order chi connectivity index (χ0) is 19.9. The molecule has 0 radical (unpaired) electrons. The third-order valence-corrected chi connectivity index (χ3v) is 4.29. The predicted octanol–water partition coefficient (Wildman–Crippen LogP) is 3.97. The Labute approximate surface area is 167 Å². The van der Waals surface area contributed by atoms with Gasteiger partial charge in [-0.25, -0.2) is 5.43 Å². The SMILES string of the molecule is O=C(NN=Cc1ccncc1)c1ccc(COc2cccc3cccnc23)cc1. The molecule has 4 aromatic rings. The normalized spacial score (nSPS) is 10.9. The molecule has 0 aliphatic heterocycles. The van der Waals surface area contributed by atoms with E-state index < -0.39 is 0 Å². The first-order valence-corrected chi connectivity index (χ1v) is 9.08. The number of para-hydroxylation sites is 1.